The highest BCUT2D eigenvalue weighted by molar-refractivity contribution is 6.43. The number of amides is 1. The van der Waals surface area contributed by atoms with Gasteiger partial charge in [-0.1, -0.05) is 17.7 Å². The van der Waals surface area contributed by atoms with Crippen molar-refractivity contribution < 1.29 is 33.4 Å². The number of ether oxygens (including phenoxy) is 3. The van der Waals surface area contributed by atoms with Crippen molar-refractivity contribution in [2.45, 2.75) is 52.0 Å². The molecule has 9 nitrogen and oxygen atoms in total. The molecule has 0 saturated carbocycles. The Kier molecular flexibility index (Phi) is 11.0. The highest BCUT2D eigenvalue weighted by Crippen LogP contribution is 2.28. The van der Waals surface area contributed by atoms with Gasteiger partial charge in [-0.05, 0) is 87.6 Å². The molecular formula is C35H38N2O7. The van der Waals surface area contributed by atoms with E-state index in [2.05, 4.69) is 4.98 Å². The van der Waals surface area contributed by atoms with Crippen LogP contribution < -0.4 is 14.2 Å². The molecule has 1 atom stereocenters. The summed E-state index contributed by atoms with van der Waals surface area (Å²) in [6.45, 7) is 4.53. The van der Waals surface area contributed by atoms with Gasteiger partial charge in [-0.3, -0.25) is 24.2 Å². The maximum absolute atomic E-state index is 13.2. The minimum atomic E-state index is -0.794. The van der Waals surface area contributed by atoms with Crippen LogP contribution in [0, 0.1) is 0 Å². The van der Waals surface area contributed by atoms with E-state index in [0.717, 1.165) is 5.56 Å². The summed E-state index contributed by atoms with van der Waals surface area (Å²) in [5, 5.41) is 0.692. The fraction of sp³-hybridized carbons (Fsp3) is 0.343. The second-order valence-electron chi connectivity index (χ2n) is 10.6. The summed E-state index contributed by atoms with van der Waals surface area (Å²) in [7, 11) is 3.15. The number of carbonyl (C=O) groups is 4. The summed E-state index contributed by atoms with van der Waals surface area (Å²) in [6.07, 6.45) is 8.24. The van der Waals surface area contributed by atoms with Crippen molar-refractivity contribution in [1.29, 1.82) is 0 Å². The molecular weight excluding hydrogens is 560 g/mol. The van der Waals surface area contributed by atoms with Crippen LogP contribution >= 0.6 is 0 Å². The number of hydrogen-bond donors (Lipinski definition) is 0. The molecule has 1 aliphatic rings. The lowest BCUT2D eigenvalue weighted by Gasteiger charge is -2.23. The van der Waals surface area contributed by atoms with E-state index in [0.29, 0.717) is 78.1 Å². The molecule has 0 bridgehead atoms. The van der Waals surface area contributed by atoms with Gasteiger partial charge in [-0.2, -0.15) is 0 Å². The predicted molar refractivity (Wildman–Crippen MR) is 167 cm³/mol. The number of fused-ring (bicyclic) bond motifs is 1. The molecule has 1 fully saturated rings. The topological polar surface area (TPSA) is 112 Å². The van der Waals surface area contributed by atoms with Crippen LogP contribution in [-0.2, 0) is 20.8 Å². The molecule has 0 radical (unpaired) electrons. The van der Waals surface area contributed by atoms with Crippen LogP contribution in [0.3, 0.4) is 0 Å². The average molecular weight is 599 g/mol. The number of carbonyl (C=O) groups excluding carboxylic acids is 4. The number of aromatic nitrogens is 1. The Hall–Kier alpha value is -4.79. The first kappa shape index (κ1) is 32.1. The fourth-order valence-corrected chi connectivity index (χ4v) is 5.35. The third-order valence-electron chi connectivity index (χ3n) is 7.53. The quantitative estimate of drug-likeness (QED) is 0.136. The molecule has 2 aromatic carbocycles. The first-order valence-electron chi connectivity index (χ1n) is 14.7. The van der Waals surface area contributed by atoms with Crippen molar-refractivity contribution in [2.24, 2.45) is 0 Å². The SMILES string of the molecule is CCOc1ccc2c(C(=O)/C=C(/C)CC(=O)N3CCC[C@H]3C(=O)C(=O)/C=C/CCc3ccc(OC)c(OC)c3)ccnc2c1. The Balaban J connectivity index is 1.34. The number of methoxy groups -OCH3 is 2. The summed E-state index contributed by atoms with van der Waals surface area (Å²) in [4.78, 5) is 57.9. The number of allylic oxidation sites excluding steroid dienone is 3. The standard InChI is InChI=1S/C35H38N2O7/c1-5-44-25-13-14-26-27(16-17-36-28(26)22-25)31(39)19-23(2)20-34(40)37-18-8-10-29(37)35(41)30(38)11-7-6-9-24-12-15-32(42-3)33(21-24)43-4/h7,11-17,19,21-22,29H,5-6,8-10,18,20H2,1-4H3/b11-7+,23-19-/t29-/m0/s1. The molecule has 0 aliphatic carbocycles. The summed E-state index contributed by atoms with van der Waals surface area (Å²) >= 11 is 0. The van der Waals surface area contributed by atoms with Crippen LogP contribution in [0.1, 0.15) is 55.5 Å². The Morgan fingerprint density at radius 3 is 2.57 bits per heavy atom. The normalized spacial score (nSPS) is 15.0. The second kappa shape index (κ2) is 15.1. The Morgan fingerprint density at radius 1 is 1.02 bits per heavy atom. The number of Topliss-reactive ketones (excluding diaryl/α,β-unsaturated/α-hetero) is 1. The minimum absolute atomic E-state index is 0.0254. The van der Waals surface area contributed by atoms with Gasteiger partial charge in [-0.25, -0.2) is 0 Å². The maximum Gasteiger partial charge on any atom is 0.227 e. The van der Waals surface area contributed by atoms with Crippen molar-refractivity contribution >= 4 is 34.2 Å². The number of likely N-dealkylation sites (tertiary alicyclic amines) is 1. The largest absolute Gasteiger partial charge is 0.494 e. The summed E-state index contributed by atoms with van der Waals surface area (Å²) in [6, 6.07) is 11.9. The van der Waals surface area contributed by atoms with E-state index in [1.807, 2.05) is 25.1 Å². The Morgan fingerprint density at radius 2 is 1.82 bits per heavy atom. The van der Waals surface area contributed by atoms with Gasteiger partial charge in [0.1, 0.15) is 5.75 Å². The highest BCUT2D eigenvalue weighted by atomic mass is 16.5. The molecule has 0 spiro atoms. The van der Waals surface area contributed by atoms with E-state index in [1.165, 1.54) is 17.1 Å². The van der Waals surface area contributed by atoms with Crippen LogP contribution in [0.4, 0.5) is 0 Å². The highest BCUT2D eigenvalue weighted by Gasteiger charge is 2.36. The van der Waals surface area contributed by atoms with Crippen LogP contribution in [-0.4, -0.2) is 66.6 Å². The van der Waals surface area contributed by atoms with Crippen molar-refractivity contribution in [3.63, 3.8) is 0 Å². The molecule has 2 heterocycles. The molecule has 1 aromatic heterocycles. The number of hydrogen-bond acceptors (Lipinski definition) is 8. The molecule has 1 aliphatic heterocycles. The molecule has 3 aromatic rings. The van der Waals surface area contributed by atoms with Crippen molar-refractivity contribution in [1.82, 2.24) is 9.88 Å². The van der Waals surface area contributed by atoms with E-state index in [-0.39, 0.29) is 18.1 Å². The first-order chi connectivity index (χ1) is 21.2. The lowest BCUT2D eigenvalue weighted by Crippen LogP contribution is -2.43. The number of nitrogens with zero attached hydrogens (tertiary/aromatic N) is 2. The molecule has 0 N–H and O–H groups in total. The Bertz CT molecular complexity index is 1610. The van der Waals surface area contributed by atoms with Gasteiger partial charge in [-0.15, -0.1) is 0 Å². The smallest absolute Gasteiger partial charge is 0.227 e. The molecule has 230 valence electrons. The zero-order chi connectivity index (χ0) is 31.6. The lowest BCUT2D eigenvalue weighted by molar-refractivity contribution is -0.141. The third-order valence-corrected chi connectivity index (χ3v) is 7.53. The molecule has 1 amide bonds. The van der Waals surface area contributed by atoms with E-state index < -0.39 is 17.6 Å². The van der Waals surface area contributed by atoms with Gasteiger partial charge in [0.05, 0.1) is 32.4 Å². The molecule has 44 heavy (non-hydrogen) atoms. The number of ketones is 3. The van der Waals surface area contributed by atoms with Crippen molar-refractivity contribution in [2.75, 3.05) is 27.4 Å². The fourth-order valence-electron chi connectivity index (χ4n) is 5.35. The van der Waals surface area contributed by atoms with Gasteiger partial charge in [0.25, 0.3) is 0 Å². The molecule has 1 saturated heterocycles. The minimum Gasteiger partial charge on any atom is -0.494 e. The summed E-state index contributed by atoms with van der Waals surface area (Å²) in [5.74, 6) is 0.199. The summed E-state index contributed by atoms with van der Waals surface area (Å²) < 4.78 is 16.1. The van der Waals surface area contributed by atoms with E-state index in [9.17, 15) is 19.2 Å². The van der Waals surface area contributed by atoms with Gasteiger partial charge < -0.3 is 19.1 Å². The van der Waals surface area contributed by atoms with Crippen molar-refractivity contribution in [3.8, 4) is 17.2 Å². The molecule has 0 unspecified atom stereocenters. The third kappa shape index (κ3) is 7.78. The molecule has 9 heteroatoms. The lowest BCUT2D eigenvalue weighted by atomic mass is 10.0. The van der Waals surface area contributed by atoms with Gasteiger partial charge in [0.15, 0.2) is 17.3 Å². The first-order valence-corrected chi connectivity index (χ1v) is 14.7. The summed E-state index contributed by atoms with van der Waals surface area (Å²) in [5.41, 5.74) is 2.69. The van der Waals surface area contributed by atoms with Crippen LogP contribution in [0.2, 0.25) is 0 Å². The predicted octanol–water partition coefficient (Wildman–Crippen LogP) is 5.49. The number of rotatable bonds is 14. The van der Waals surface area contributed by atoms with Crippen LogP contribution in [0.5, 0.6) is 17.2 Å². The number of aryl methyl sites for hydroxylation is 1. The van der Waals surface area contributed by atoms with Crippen LogP contribution in [0.25, 0.3) is 10.9 Å². The monoisotopic (exact) mass is 598 g/mol. The number of pyridine rings is 1. The van der Waals surface area contributed by atoms with Gasteiger partial charge in [0, 0.05) is 36.2 Å². The van der Waals surface area contributed by atoms with Crippen LogP contribution in [0.15, 0.2) is 72.5 Å². The number of benzene rings is 2. The van der Waals surface area contributed by atoms with Crippen molar-refractivity contribution in [3.05, 3.63) is 83.6 Å². The van der Waals surface area contributed by atoms with E-state index in [1.54, 1.807) is 57.7 Å². The zero-order valence-electron chi connectivity index (χ0n) is 25.6. The second-order valence-corrected chi connectivity index (χ2v) is 10.6. The average Bonchev–Trinajstić information content (AvgIpc) is 3.52. The van der Waals surface area contributed by atoms with E-state index in [4.69, 9.17) is 14.2 Å². The maximum atomic E-state index is 13.2. The van der Waals surface area contributed by atoms with Gasteiger partial charge >= 0.3 is 0 Å². The Labute approximate surface area is 257 Å². The zero-order valence-corrected chi connectivity index (χ0v) is 25.6. The van der Waals surface area contributed by atoms with E-state index >= 15 is 0 Å². The van der Waals surface area contributed by atoms with Gasteiger partial charge in [0.2, 0.25) is 17.5 Å². The molecule has 4 rings (SSSR count).